The second-order valence-corrected chi connectivity index (χ2v) is 4.48. The molecule has 2 rings (SSSR count). The van der Waals surface area contributed by atoms with Gasteiger partial charge in [0.2, 0.25) is 0 Å². The van der Waals surface area contributed by atoms with Crippen LogP contribution in [0.5, 0.6) is 17.2 Å². The first-order chi connectivity index (χ1) is 9.82. The molecule has 0 aliphatic carbocycles. The maximum atomic E-state index is 12.0. The third kappa shape index (κ3) is 4.91. The van der Waals surface area contributed by atoms with E-state index in [4.69, 9.17) is 4.74 Å². The molecule has 0 heterocycles. The topological polar surface area (TPSA) is 38.7 Å². The first-order valence-electron chi connectivity index (χ1n) is 6.10. The summed E-state index contributed by atoms with van der Waals surface area (Å²) in [7, 11) is 0. The molecule has 0 radical (unpaired) electrons. The molecular weight excluding hydrogens is 285 g/mol. The van der Waals surface area contributed by atoms with E-state index in [1.807, 2.05) is 6.92 Å². The van der Waals surface area contributed by atoms with Crippen LogP contribution in [-0.4, -0.2) is 11.5 Å². The van der Waals surface area contributed by atoms with E-state index < -0.39 is 6.36 Å². The Morgan fingerprint density at radius 1 is 1.00 bits per heavy atom. The molecule has 0 atom stereocenters. The number of phenols is 1. The Labute approximate surface area is 119 Å². The van der Waals surface area contributed by atoms with Crippen LogP contribution in [0.4, 0.5) is 13.2 Å². The molecule has 6 heteroatoms. The van der Waals surface area contributed by atoms with Gasteiger partial charge in [0.05, 0.1) is 0 Å². The highest BCUT2D eigenvalue weighted by Gasteiger charge is 2.30. The van der Waals surface area contributed by atoms with Crippen LogP contribution in [0.1, 0.15) is 11.1 Å². The Morgan fingerprint density at radius 3 is 2.24 bits per heavy atom. The van der Waals surface area contributed by atoms with Crippen molar-refractivity contribution in [2.24, 2.45) is 0 Å². The lowest BCUT2D eigenvalue weighted by Crippen LogP contribution is -2.17. The maximum absolute atomic E-state index is 12.0. The molecule has 0 unspecified atom stereocenters. The van der Waals surface area contributed by atoms with Crippen LogP contribution >= 0.6 is 0 Å². The predicted molar refractivity (Wildman–Crippen MR) is 70.3 cm³/mol. The molecule has 0 saturated heterocycles. The first-order valence-corrected chi connectivity index (χ1v) is 6.10. The summed E-state index contributed by atoms with van der Waals surface area (Å²) in [5, 5.41) is 9.43. The number of aryl methyl sites for hydroxylation is 1. The third-order valence-corrected chi connectivity index (χ3v) is 2.60. The van der Waals surface area contributed by atoms with Crippen molar-refractivity contribution in [1.29, 1.82) is 0 Å². The van der Waals surface area contributed by atoms with Crippen LogP contribution < -0.4 is 9.47 Å². The lowest BCUT2D eigenvalue weighted by molar-refractivity contribution is -0.274. The van der Waals surface area contributed by atoms with Gasteiger partial charge in [-0.05, 0) is 42.3 Å². The Morgan fingerprint density at radius 2 is 1.67 bits per heavy atom. The maximum Gasteiger partial charge on any atom is 0.573 e. The van der Waals surface area contributed by atoms with E-state index in [0.29, 0.717) is 11.3 Å². The number of aromatic hydroxyl groups is 1. The molecule has 0 aliphatic rings. The summed E-state index contributed by atoms with van der Waals surface area (Å²) in [5.41, 5.74) is 1.53. The van der Waals surface area contributed by atoms with E-state index in [-0.39, 0.29) is 18.1 Å². The summed E-state index contributed by atoms with van der Waals surface area (Å²) in [6.45, 7) is 1.99. The van der Waals surface area contributed by atoms with Gasteiger partial charge in [0.25, 0.3) is 0 Å². The van der Waals surface area contributed by atoms with Gasteiger partial charge in [-0.3, -0.25) is 0 Å². The largest absolute Gasteiger partial charge is 0.573 e. The summed E-state index contributed by atoms with van der Waals surface area (Å²) >= 11 is 0. The van der Waals surface area contributed by atoms with Crippen molar-refractivity contribution < 1.29 is 27.8 Å². The van der Waals surface area contributed by atoms with Crippen molar-refractivity contribution in [1.82, 2.24) is 0 Å². The summed E-state index contributed by atoms with van der Waals surface area (Å²) in [6, 6.07) is 10.2. The van der Waals surface area contributed by atoms with Crippen molar-refractivity contribution in [3.05, 3.63) is 53.6 Å². The summed E-state index contributed by atoms with van der Waals surface area (Å²) in [4.78, 5) is 0. The number of benzene rings is 2. The fourth-order valence-electron chi connectivity index (χ4n) is 1.77. The van der Waals surface area contributed by atoms with Crippen LogP contribution in [0, 0.1) is 6.92 Å². The molecule has 0 fully saturated rings. The van der Waals surface area contributed by atoms with E-state index in [9.17, 15) is 18.3 Å². The fourth-order valence-corrected chi connectivity index (χ4v) is 1.77. The molecule has 0 spiro atoms. The Hall–Kier alpha value is -2.37. The predicted octanol–water partition coefficient (Wildman–Crippen LogP) is 4.18. The summed E-state index contributed by atoms with van der Waals surface area (Å²) in [6.07, 6.45) is -4.70. The highest BCUT2D eigenvalue weighted by atomic mass is 19.4. The van der Waals surface area contributed by atoms with Crippen LogP contribution in [0.2, 0.25) is 0 Å². The SMILES string of the molecule is Cc1cc(O)cc(OCc2ccc(OC(F)(F)F)cc2)c1. The standard InChI is InChI=1S/C15H13F3O3/c1-10-6-12(19)8-14(7-10)20-9-11-2-4-13(5-3-11)21-15(16,17)18/h2-8,19H,9H2,1H3. The van der Waals surface area contributed by atoms with E-state index in [1.54, 1.807) is 12.1 Å². The number of hydrogen-bond donors (Lipinski definition) is 1. The molecule has 0 aromatic heterocycles. The smallest absolute Gasteiger partial charge is 0.508 e. The average Bonchev–Trinajstić information content (AvgIpc) is 2.35. The quantitative estimate of drug-likeness (QED) is 0.920. The number of alkyl halides is 3. The van der Waals surface area contributed by atoms with Crippen LogP contribution in [0.3, 0.4) is 0 Å². The van der Waals surface area contributed by atoms with E-state index >= 15 is 0 Å². The minimum Gasteiger partial charge on any atom is -0.508 e. The summed E-state index contributed by atoms with van der Waals surface area (Å²) in [5.74, 6) is 0.307. The van der Waals surface area contributed by atoms with Gasteiger partial charge in [0, 0.05) is 6.07 Å². The minimum atomic E-state index is -4.70. The number of hydrogen-bond acceptors (Lipinski definition) is 3. The van der Waals surface area contributed by atoms with Crippen molar-refractivity contribution in [2.75, 3.05) is 0 Å². The van der Waals surface area contributed by atoms with Gasteiger partial charge in [-0.15, -0.1) is 13.2 Å². The van der Waals surface area contributed by atoms with Crippen molar-refractivity contribution >= 4 is 0 Å². The Kier molecular flexibility index (Phi) is 4.26. The van der Waals surface area contributed by atoms with Gasteiger partial charge in [-0.25, -0.2) is 0 Å². The number of ether oxygens (including phenoxy) is 2. The highest BCUT2D eigenvalue weighted by Crippen LogP contribution is 2.24. The van der Waals surface area contributed by atoms with Crippen molar-refractivity contribution in [3.63, 3.8) is 0 Å². The highest BCUT2D eigenvalue weighted by molar-refractivity contribution is 5.37. The zero-order valence-corrected chi connectivity index (χ0v) is 11.1. The number of rotatable bonds is 4. The Balaban J connectivity index is 1.97. The molecule has 2 aromatic rings. The summed E-state index contributed by atoms with van der Waals surface area (Å²) < 4.78 is 45.3. The average molecular weight is 298 g/mol. The molecule has 2 aromatic carbocycles. The normalized spacial score (nSPS) is 11.2. The molecule has 0 bridgehead atoms. The van der Waals surface area contributed by atoms with Crippen LogP contribution in [0.25, 0.3) is 0 Å². The zero-order valence-electron chi connectivity index (χ0n) is 11.1. The van der Waals surface area contributed by atoms with Crippen molar-refractivity contribution in [2.45, 2.75) is 19.9 Å². The molecule has 0 amide bonds. The number of halogens is 3. The van der Waals surface area contributed by atoms with Crippen LogP contribution in [-0.2, 0) is 6.61 Å². The molecular formula is C15H13F3O3. The molecule has 0 saturated carbocycles. The molecule has 3 nitrogen and oxygen atoms in total. The molecule has 0 aliphatic heterocycles. The van der Waals surface area contributed by atoms with Gasteiger partial charge in [0.15, 0.2) is 0 Å². The van der Waals surface area contributed by atoms with Crippen LogP contribution in [0.15, 0.2) is 42.5 Å². The minimum absolute atomic E-state index is 0.0962. The molecule has 1 N–H and O–H groups in total. The second kappa shape index (κ2) is 5.95. The fraction of sp³-hybridized carbons (Fsp3) is 0.200. The van der Waals surface area contributed by atoms with Gasteiger partial charge >= 0.3 is 6.36 Å². The third-order valence-electron chi connectivity index (χ3n) is 2.60. The van der Waals surface area contributed by atoms with Gasteiger partial charge < -0.3 is 14.6 Å². The monoisotopic (exact) mass is 298 g/mol. The first kappa shape index (κ1) is 15.0. The molecule has 21 heavy (non-hydrogen) atoms. The lowest BCUT2D eigenvalue weighted by Gasteiger charge is -2.10. The second-order valence-electron chi connectivity index (χ2n) is 4.48. The van der Waals surface area contributed by atoms with Crippen molar-refractivity contribution in [3.8, 4) is 17.2 Å². The van der Waals surface area contributed by atoms with E-state index in [0.717, 1.165) is 5.56 Å². The van der Waals surface area contributed by atoms with Gasteiger partial charge in [-0.1, -0.05) is 12.1 Å². The van der Waals surface area contributed by atoms with Gasteiger partial charge in [-0.2, -0.15) is 0 Å². The number of phenolic OH excluding ortho intramolecular Hbond substituents is 1. The Bertz CT molecular complexity index is 586. The lowest BCUT2D eigenvalue weighted by atomic mass is 10.2. The van der Waals surface area contributed by atoms with E-state index in [2.05, 4.69) is 4.74 Å². The zero-order chi connectivity index (χ0) is 15.5. The molecule has 112 valence electrons. The van der Waals surface area contributed by atoms with E-state index in [1.165, 1.54) is 30.3 Å². The van der Waals surface area contributed by atoms with Gasteiger partial charge in [0.1, 0.15) is 23.9 Å².